The Hall–Kier alpha value is -1.60. The van der Waals surface area contributed by atoms with Gasteiger partial charge in [-0.05, 0) is 37.3 Å². The monoisotopic (exact) mass is 266 g/mol. The molecular weight excluding hydrogens is 244 g/mol. The third-order valence-electron chi connectivity index (χ3n) is 4.20. The molecule has 0 saturated carbocycles. The number of rotatable bonds is 3. The van der Waals surface area contributed by atoms with Gasteiger partial charge in [0.1, 0.15) is 0 Å². The summed E-state index contributed by atoms with van der Waals surface area (Å²) in [5.74, 6) is 0.347. The molecule has 0 spiro atoms. The van der Waals surface area contributed by atoms with Crippen LogP contribution in [0.1, 0.15) is 43.2 Å². The van der Waals surface area contributed by atoms with Crippen molar-refractivity contribution in [1.29, 1.82) is 0 Å². The number of benzene rings is 2. The minimum atomic E-state index is 0.295. The highest BCUT2D eigenvalue weighted by Gasteiger charge is 2.29. The van der Waals surface area contributed by atoms with Gasteiger partial charge in [0.15, 0.2) is 0 Å². The third-order valence-corrected chi connectivity index (χ3v) is 4.20. The second-order valence-electron chi connectivity index (χ2n) is 5.72. The van der Waals surface area contributed by atoms with Crippen molar-refractivity contribution in [2.75, 3.05) is 0 Å². The minimum absolute atomic E-state index is 0.295. The van der Waals surface area contributed by atoms with E-state index in [1.54, 1.807) is 0 Å². The van der Waals surface area contributed by atoms with Gasteiger partial charge in [0, 0.05) is 5.92 Å². The summed E-state index contributed by atoms with van der Waals surface area (Å²) in [7, 11) is 0. The molecule has 1 aliphatic heterocycles. The average molecular weight is 266 g/mol. The lowest BCUT2D eigenvalue weighted by molar-refractivity contribution is -0.0470. The summed E-state index contributed by atoms with van der Waals surface area (Å²) in [5, 5.41) is 0. The van der Waals surface area contributed by atoms with Gasteiger partial charge in [0.2, 0.25) is 0 Å². The molecule has 2 atom stereocenters. The topological polar surface area (TPSA) is 9.23 Å². The van der Waals surface area contributed by atoms with Gasteiger partial charge < -0.3 is 4.74 Å². The predicted molar refractivity (Wildman–Crippen MR) is 82.9 cm³/mol. The molecule has 2 aromatic rings. The van der Waals surface area contributed by atoms with Gasteiger partial charge in [0.05, 0.1) is 12.2 Å². The summed E-state index contributed by atoms with van der Waals surface area (Å²) in [4.78, 5) is 0. The zero-order valence-electron chi connectivity index (χ0n) is 12.0. The Labute approximate surface area is 121 Å². The van der Waals surface area contributed by atoms with Crippen LogP contribution in [-0.4, -0.2) is 12.2 Å². The fourth-order valence-corrected chi connectivity index (χ4v) is 3.23. The highest BCUT2D eigenvalue weighted by Crippen LogP contribution is 2.35. The van der Waals surface area contributed by atoms with Gasteiger partial charge in [-0.25, -0.2) is 0 Å². The standard InChI is InChI=1S/C19H22O/c1-15-9-8-14-18(20-15)19(16-10-4-2-5-11-16)17-12-6-3-7-13-17/h2-7,10-13,15,18-19H,8-9,14H2,1H3. The smallest absolute Gasteiger partial charge is 0.0687 e. The molecule has 2 aromatic carbocycles. The van der Waals surface area contributed by atoms with Crippen LogP contribution in [0.3, 0.4) is 0 Å². The molecule has 1 heteroatoms. The summed E-state index contributed by atoms with van der Waals surface area (Å²) >= 11 is 0. The SMILES string of the molecule is CC1CCCC(C(c2ccccc2)c2ccccc2)O1. The molecule has 0 amide bonds. The highest BCUT2D eigenvalue weighted by molar-refractivity contribution is 5.33. The van der Waals surface area contributed by atoms with Crippen molar-refractivity contribution in [2.45, 2.75) is 44.3 Å². The third kappa shape index (κ3) is 2.94. The Bertz CT molecular complexity index is 480. The van der Waals surface area contributed by atoms with Gasteiger partial charge in [-0.1, -0.05) is 60.7 Å². The first-order chi connectivity index (χ1) is 9.84. The summed E-state index contributed by atoms with van der Waals surface area (Å²) in [6.07, 6.45) is 4.28. The molecule has 1 fully saturated rings. The molecular formula is C19H22O. The van der Waals surface area contributed by atoms with E-state index in [2.05, 4.69) is 67.6 Å². The molecule has 0 N–H and O–H groups in total. The van der Waals surface area contributed by atoms with Crippen molar-refractivity contribution >= 4 is 0 Å². The van der Waals surface area contributed by atoms with E-state index in [1.165, 1.54) is 24.0 Å². The van der Waals surface area contributed by atoms with Crippen molar-refractivity contribution in [1.82, 2.24) is 0 Å². The minimum Gasteiger partial charge on any atom is -0.374 e. The van der Waals surface area contributed by atoms with Crippen LogP contribution in [0, 0.1) is 0 Å². The Morgan fingerprint density at radius 3 is 1.90 bits per heavy atom. The van der Waals surface area contributed by atoms with E-state index in [4.69, 9.17) is 4.74 Å². The zero-order chi connectivity index (χ0) is 13.8. The van der Waals surface area contributed by atoms with Crippen molar-refractivity contribution in [2.24, 2.45) is 0 Å². The molecule has 1 saturated heterocycles. The van der Waals surface area contributed by atoms with Crippen LogP contribution in [0.2, 0.25) is 0 Å². The van der Waals surface area contributed by atoms with Crippen LogP contribution < -0.4 is 0 Å². The summed E-state index contributed by atoms with van der Waals surface area (Å²) in [6, 6.07) is 21.5. The van der Waals surface area contributed by atoms with Crippen molar-refractivity contribution in [3.05, 3.63) is 71.8 Å². The van der Waals surface area contributed by atoms with E-state index in [-0.39, 0.29) is 0 Å². The van der Waals surface area contributed by atoms with Crippen LogP contribution in [0.4, 0.5) is 0 Å². The molecule has 104 valence electrons. The van der Waals surface area contributed by atoms with Crippen LogP contribution in [0.25, 0.3) is 0 Å². The van der Waals surface area contributed by atoms with E-state index in [9.17, 15) is 0 Å². The van der Waals surface area contributed by atoms with E-state index in [1.807, 2.05) is 0 Å². The maximum Gasteiger partial charge on any atom is 0.0687 e. The van der Waals surface area contributed by atoms with E-state index >= 15 is 0 Å². The highest BCUT2D eigenvalue weighted by atomic mass is 16.5. The van der Waals surface area contributed by atoms with Crippen LogP contribution in [-0.2, 0) is 4.74 Å². The second kappa shape index (κ2) is 6.23. The zero-order valence-corrected chi connectivity index (χ0v) is 12.0. The Morgan fingerprint density at radius 2 is 1.40 bits per heavy atom. The maximum absolute atomic E-state index is 6.26. The first kappa shape index (κ1) is 13.4. The summed E-state index contributed by atoms with van der Waals surface area (Å²) < 4.78 is 6.26. The molecule has 0 bridgehead atoms. The summed E-state index contributed by atoms with van der Waals surface area (Å²) in [6.45, 7) is 2.19. The van der Waals surface area contributed by atoms with E-state index < -0.39 is 0 Å². The fraction of sp³-hybridized carbons (Fsp3) is 0.368. The van der Waals surface area contributed by atoms with Crippen LogP contribution in [0.15, 0.2) is 60.7 Å². The average Bonchev–Trinajstić information content (AvgIpc) is 2.50. The normalized spacial score (nSPS) is 22.9. The van der Waals surface area contributed by atoms with Gasteiger partial charge in [0.25, 0.3) is 0 Å². The molecule has 3 rings (SSSR count). The lowest BCUT2D eigenvalue weighted by atomic mass is 9.83. The molecule has 0 aromatic heterocycles. The molecule has 1 nitrogen and oxygen atoms in total. The quantitative estimate of drug-likeness (QED) is 0.777. The molecule has 20 heavy (non-hydrogen) atoms. The number of hydrogen-bond acceptors (Lipinski definition) is 1. The van der Waals surface area contributed by atoms with Gasteiger partial charge >= 0.3 is 0 Å². The summed E-state index contributed by atoms with van der Waals surface area (Å²) in [5.41, 5.74) is 2.72. The lowest BCUT2D eigenvalue weighted by Crippen LogP contribution is -2.31. The first-order valence-corrected chi connectivity index (χ1v) is 7.60. The van der Waals surface area contributed by atoms with Gasteiger partial charge in [-0.3, -0.25) is 0 Å². The Kier molecular flexibility index (Phi) is 4.17. The lowest BCUT2D eigenvalue weighted by Gasteiger charge is -2.34. The molecule has 2 unspecified atom stereocenters. The van der Waals surface area contributed by atoms with Gasteiger partial charge in [-0.15, -0.1) is 0 Å². The Balaban J connectivity index is 1.95. The molecule has 0 radical (unpaired) electrons. The second-order valence-corrected chi connectivity index (χ2v) is 5.72. The fourth-order valence-electron chi connectivity index (χ4n) is 3.23. The van der Waals surface area contributed by atoms with Crippen molar-refractivity contribution in [3.8, 4) is 0 Å². The van der Waals surface area contributed by atoms with E-state index in [0.29, 0.717) is 18.1 Å². The van der Waals surface area contributed by atoms with Crippen molar-refractivity contribution in [3.63, 3.8) is 0 Å². The largest absolute Gasteiger partial charge is 0.374 e. The molecule has 1 heterocycles. The van der Waals surface area contributed by atoms with E-state index in [0.717, 1.165) is 6.42 Å². The maximum atomic E-state index is 6.26. The predicted octanol–water partition coefficient (Wildman–Crippen LogP) is 4.78. The molecule has 0 aliphatic carbocycles. The Morgan fingerprint density at radius 1 is 0.850 bits per heavy atom. The van der Waals surface area contributed by atoms with Crippen LogP contribution >= 0.6 is 0 Å². The number of hydrogen-bond donors (Lipinski definition) is 0. The molecule has 1 aliphatic rings. The van der Waals surface area contributed by atoms with Crippen LogP contribution in [0.5, 0.6) is 0 Å². The first-order valence-electron chi connectivity index (χ1n) is 7.60. The van der Waals surface area contributed by atoms with Crippen molar-refractivity contribution < 1.29 is 4.74 Å². The number of ether oxygens (including phenoxy) is 1. The van der Waals surface area contributed by atoms with Gasteiger partial charge in [-0.2, -0.15) is 0 Å².